The molecule has 0 heterocycles. The van der Waals surface area contributed by atoms with Gasteiger partial charge in [0.05, 0.1) is 27.7 Å². The van der Waals surface area contributed by atoms with Crippen LogP contribution < -0.4 is 4.89 Å². The Balaban J connectivity index is 4.18. The lowest BCUT2D eigenvalue weighted by Gasteiger charge is -2.28. The maximum absolute atomic E-state index is 12.8. The maximum atomic E-state index is 12.8. The third-order valence-corrected chi connectivity index (χ3v) is 13.9. The molecule has 9 nitrogen and oxygen atoms in total. The van der Waals surface area contributed by atoms with Crippen molar-refractivity contribution < 1.29 is 42.1 Å². The van der Waals surface area contributed by atoms with E-state index in [2.05, 4.69) is 98.9 Å². The minimum Gasteiger partial charge on any atom is -0.756 e. The van der Waals surface area contributed by atoms with Crippen molar-refractivity contribution in [3.63, 3.8) is 0 Å². The number of unbranched alkanes of at least 4 members (excludes halogenated alkanes) is 27. The van der Waals surface area contributed by atoms with Gasteiger partial charge < -0.3 is 27.9 Å². The zero-order valence-electron chi connectivity index (χ0n) is 48.5. The van der Waals surface area contributed by atoms with Crippen LogP contribution in [-0.4, -0.2) is 70.0 Å². The van der Waals surface area contributed by atoms with Crippen LogP contribution in [0.25, 0.3) is 0 Å². The zero-order chi connectivity index (χ0) is 54.2. The van der Waals surface area contributed by atoms with Gasteiger partial charge in [0.25, 0.3) is 7.82 Å². The summed E-state index contributed by atoms with van der Waals surface area (Å²) in [4.78, 5) is 37.9. The monoisotopic (exact) mass is 1060 g/mol. The standard InChI is InChI=1S/C64H114NO8P/c1-6-8-10-12-14-16-18-20-22-24-26-28-30-31-32-33-35-37-39-41-43-45-47-49-51-53-55-57-64(67)73-62(61-72-74(68,69)71-59-58-65(3,4)5)60-70-63(66)56-54-52-50-48-46-44-42-40-38-36-34-29-27-25-23-21-19-17-15-13-11-9-7-2/h8,10,14,16,20,22,25-28,31-32,35,37,62H,6-7,9,11-13,15,17-19,21,23-24,29-30,33-34,36,38-61H2,1-5H3/b10-8-,16-14-,22-20-,27-25-,28-26-,32-31-,37-35-. The number of phosphoric ester groups is 1. The number of carbonyl (C=O) groups excluding carboxylic acids is 2. The van der Waals surface area contributed by atoms with E-state index < -0.39 is 26.5 Å². The molecule has 2 unspecified atom stereocenters. The minimum atomic E-state index is -4.64. The molecule has 0 amide bonds. The largest absolute Gasteiger partial charge is 0.756 e. The van der Waals surface area contributed by atoms with Gasteiger partial charge in [-0.3, -0.25) is 14.2 Å². The Bertz CT molecular complexity index is 1520. The maximum Gasteiger partial charge on any atom is 0.306 e. The smallest absolute Gasteiger partial charge is 0.306 e. The predicted molar refractivity (Wildman–Crippen MR) is 314 cm³/mol. The van der Waals surface area contributed by atoms with Gasteiger partial charge in [-0.1, -0.05) is 240 Å². The zero-order valence-corrected chi connectivity index (χ0v) is 49.4. The fraction of sp³-hybridized carbons (Fsp3) is 0.750. The number of likely N-dealkylation sites (N-methyl/N-ethyl adjacent to an activating group) is 1. The summed E-state index contributed by atoms with van der Waals surface area (Å²) in [6, 6.07) is 0. The molecule has 0 saturated carbocycles. The molecule has 0 aromatic rings. The Morgan fingerprint density at radius 3 is 1.16 bits per heavy atom. The van der Waals surface area contributed by atoms with Gasteiger partial charge in [0, 0.05) is 12.8 Å². The minimum absolute atomic E-state index is 0.0359. The lowest BCUT2D eigenvalue weighted by atomic mass is 10.0. The summed E-state index contributed by atoms with van der Waals surface area (Å²) < 4.78 is 34.2. The van der Waals surface area contributed by atoms with Crippen LogP contribution in [0.1, 0.15) is 258 Å². The van der Waals surface area contributed by atoms with E-state index in [-0.39, 0.29) is 32.0 Å². The Labute approximate surface area is 456 Å². The van der Waals surface area contributed by atoms with Crippen LogP contribution in [0.4, 0.5) is 0 Å². The molecule has 0 spiro atoms. The average Bonchev–Trinajstić information content (AvgIpc) is 3.36. The molecular weight excluding hydrogens is 942 g/mol. The van der Waals surface area contributed by atoms with Crippen molar-refractivity contribution in [2.45, 2.75) is 264 Å². The van der Waals surface area contributed by atoms with Gasteiger partial charge in [0.2, 0.25) is 0 Å². The number of ether oxygens (including phenoxy) is 2. The molecule has 0 aliphatic heterocycles. The summed E-state index contributed by atoms with van der Waals surface area (Å²) in [5.74, 6) is -0.841. The highest BCUT2D eigenvalue weighted by Crippen LogP contribution is 2.38. The number of quaternary nitrogens is 1. The fourth-order valence-electron chi connectivity index (χ4n) is 8.24. The molecule has 428 valence electrons. The van der Waals surface area contributed by atoms with E-state index in [4.69, 9.17) is 18.5 Å². The van der Waals surface area contributed by atoms with E-state index in [1.807, 2.05) is 21.1 Å². The highest BCUT2D eigenvalue weighted by molar-refractivity contribution is 7.45. The summed E-state index contributed by atoms with van der Waals surface area (Å²) in [6.45, 7) is 4.13. The molecule has 10 heteroatoms. The number of phosphoric acid groups is 1. The van der Waals surface area contributed by atoms with Crippen molar-refractivity contribution in [3.8, 4) is 0 Å². The second-order valence-corrected chi connectivity index (χ2v) is 22.7. The van der Waals surface area contributed by atoms with E-state index in [0.29, 0.717) is 17.4 Å². The second kappa shape index (κ2) is 55.0. The van der Waals surface area contributed by atoms with Gasteiger partial charge in [-0.15, -0.1) is 0 Å². The number of nitrogens with zero attached hydrogens (tertiary/aromatic N) is 1. The van der Waals surface area contributed by atoms with Crippen LogP contribution >= 0.6 is 7.82 Å². The molecule has 0 fully saturated rings. The van der Waals surface area contributed by atoms with Crippen molar-refractivity contribution in [3.05, 3.63) is 85.1 Å². The molecule has 0 saturated heterocycles. The summed E-state index contributed by atoms with van der Waals surface area (Å²) in [5, 5.41) is 0. The lowest BCUT2D eigenvalue weighted by molar-refractivity contribution is -0.870. The van der Waals surface area contributed by atoms with Crippen molar-refractivity contribution in [2.24, 2.45) is 0 Å². The molecule has 0 rings (SSSR count). The first kappa shape index (κ1) is 71.2. The van der Waals surface area contributed by atoms with E-state index >= 15 is 0 Å². The first-order valence-electron chi connectivity index (χ1n) is 30.3. The average molecular weight is 1060 g/mol. The fourth-order valence-corrected chi connectivity index (χ4v) is 8.97. The highest BCUT2D eigenvalue weighted by Gasteiger charge is 2.22. The first-order chi connectivity index (χ1) is 36.0. The number of rotatable bonds is 55. The third kappa shape index (κ3) is 58.5. The van der Waals surface area contributed by atoms with E-state index in [0.717, 1.165) is 83.5 Å². The Morgan fingerprint density at radius 1 is 0.432 bits per heavy atom. The summed E-state index contributed by atoms with van der Waals surface area (Å²) in [7, 11) is 1.15. The van der Waals surface area contributed by atoms with E-state index in [1.165, 1.54) is 141 Å². The molecule has 0 aliphatic rings. The topological polar surface area (TPSA) is 111 Å². The van der Waals surface area contributed by atoms with E-state index in [1.54, 1.807) is 0 Å². The predicted octanol–water partition coefficient (Wildman–Crippen LogP) is 18.4. The molecule has 74 heavy (non-hydrogen) atoms. The number of hydrogen-bond acceptors (Lipinski definition) is 8. The molecular formula is C64H114NO8P. The van der Waals surface area contributed by atoms with Gasteiger partial charge in [-0.25, -0.2) is 0 Å². The van der Waals surface area contributed by atoms with E-state index in [9.17, 15) is 19.0 Å². The van der Waals surface area contributed by atoms with Crippen LogP contribution in [-0.2, 0) is 32.7 Å². The summed E-state index contributed by atoms with van der Waals surface area (Å²) >= 11 is 0. The normalized spacial score (nSPS) is 13.9. The Kier molecular flexibility index (Phi) is 52.9. The lowest BCUT2D eigenvalue weighted by Crippen LogP contribution is -2.37. The van der Waals surface area contributed by atoms with Crippen LogP contribution in [0, 0.1) is 0 Å². The quantitative estimate of drug-likeness (QED) is 0.0195. The van der Waals surface area contributed by atoms with Crippen molar-refractivity contribution in [1.29, 1.82) is 0 Å². The van der Waals surface area contributed by atoms with Gasteiger partial charge in [0.1, 0.15) is 19.8 Å². The van der Waals surface area contributed by atoms with Crippen LogP contribution in [0.3, 0.4) is 0 Å². The molecule has 2 atom stereocenters. The first-order valence-corrected chi connectivity index (χ1v) is 31.8. The number of hydrogen-bond donors (Lipinski definition) is 0. The summed E-state index contributed by atoms with van der Waals surface area (Å²) in [5.41, 5.74) is 0. The Morgan fingerprint density at radius 2 is 0.770 bits per heavy atom. The van der Waals surface area contributed by atoms with Crippen LogP contribution in [0.2, 0.25) is 0 Å². The van der Waals surface area contributed by atoms with Crippen LogP contribution in [0.15, 0.2) is 85.1 Å². The van der Waals surface area contributed by atoms with Crippen molar-refractivity contribution in [2.75, 3.05) is 47.5 Å². The Hall–Kier alpha value is -2.81. The van der Waals surface area contributed by atoms with Gasteiger partial charge in [-0.05, 0) is 89.9 Å². The second-order valence-electron chi connectivity index (χ2n) is 21.3. The van der Waals surface area contributed by atoms with Crippen LogP contribution in [0.5, 0.6) is 0 Å². The number of allylic oxidation sites excluding steroid dienone is 14. The number of esters is 2. The molecule has 0 aromatic heterocycles. The molecule has 0 aliphatic carbocycles. The van der Waals surface area contributed by atoms with Crippen molar-refractivity contribution >= 4 is 19.8 Å². The number of carbonyl (C=O) groups is 2. The van der Waals surface area contributed by atoms with Gasteiger partial charge >= 0.3 is 11.9 Å². The van der Waals surface area contributed by atoms with Gasteiger partial charge in [0.15, 0.2) is 6.10 Å². The van der Waals surface area contributed by atoms with Gasteiger partial charge in [-0.2, -0.15) is 0 Å². The highest BCUT2D eigenvalue weighted by atomic mass is 31.2. The summed E-state index contributed by atoms with van der Waals surface area (Å²) in [6.07, 6.45) is 73.4. The molecule has 0 N–H and O–H groups in total. The molecule has 0 radical (unpaired) electrons. The SMILES string of the molecule is CC/C=C\C/C=C\C/C=C\C/C=C\C/C=C\C/C=C\CCCCCCCCCCC(=O)OC(COC(=O)CCCCCCCCCCCCC/C=C\CCCCCCCCCC)COP(=O)([O-])OCC[N+](C)(C)C. The van der Waals surface area contributed by atoms with Crippen molar-refractivity contribution in [1.82, 2.24) is 0 Å². The third-order valence-electron chi connectivity index (χ3n) is 12.9. The molecule has 0 aromatic carbocycles. The molecule has 0 bridgehead atoms.